The maximum atomic E-state index is 6.08. The highest BCUT2D eigenvalue weighted by Gasteiger charge is 2.18. The molecule has 0 amide bonds. The van der Waals surface area contributed by atoms with E-state index in [0.29, 0.717) is 22.4 Å². The Hall–Kier alpha value is -0.200. The first kappa shape index (κ1) is 19.8. The van der Waals surface area contributed by atoms with Crippen molar-refractivity contribution in [2.24, 2.45) is 0 Å². The molecule has 0 atom stereocenters. The lowest BCUT2D eigenvalue weighted by molar-refractivity contribution is -0.904. The molecule has 0 saturated carbocycles. The van der Waals surface area contributed by atoms with Gasteiger partial charge in [-0.15, -0.1) is 0 Å². The second-order valence-electron chi connectivity index (χ2n) is 5.45. The number of nitrogens with zero attached hydrogens (tertiary/aromatic N) is 1. The number of benzene rings is 1. The number of hydrogen-bond acceptors (Lipinski definition) is 2. The molecule has 0 aliphatic carbocycles. The van der Waals surface area contributed by atoms with Crippen LogP contribution in [0.5, 0.6) is 5.75 Å². The Morgan fingerprint density at radius 1 is 1.18 bits per heavy atom. The van der Waals surface area contributed by atoms with Crippen LogP contribution in [0.4, 0.5) is 0 Å². The van der Waals surface area contributed by atoms with Crippen molar-refractivity contribution in [3.8, 4) is 5.75 Å². The maximum Gasteiger partial charge on any atom is 0.169 e. The van der Waals surface area contributed by atoms with E-state index in [1.807, 2.05) is 12.1 Å². The number of quaternary nitrogens is 1. The number of ether oxygens (including phenoxy) is 1. The molecule has 3 nitrogen and oxygen atoms in total. The molecule has 0 N–H and O–H groups in total. The highest BCUT2D eigenvalue weighted by atomic mass is 79.9. The monoisotopic (exact) mass is 471 g/mol. The van der Waals surface area contributed by atoms with Gasteiger partial charge in [-0.3, -0.25) is 0 Å². The van der Waals surface area contributed by atoms with Gasteiger partial charge in [0, 0.05) is 5.02 Å². The van der Waals surface area contributed by atoms with Crippen LogP contribution >= 0.6 is 39.1 Å². The lowest BCUT2D eigenvalue weighted by Gasteiger charge is -2.28. The Bertz CT molecular complexity index is 617. The summed E-state index contributed by atoms with van der Waals surface area (Å²) in [6.45, 7) is 2.19. The molecule has 2 aromatic rings. The third kappa shape index (κ3) is 6.13. The molecule has 22 heavy (non-hydrogen) atoms. The van der Waals surface area contributed by atoms with Crippen LogP contribution in [-0.4, -0.2) is 31.7 Å². The third-order valence-electron chi connectivity index (χ3n) is 3.06. The van der Waals surface area contributed by atoms with Gasteiger partial charge in [0.1, 0.15) is 25.4 Å². The third-order valence-corrected chi connectivity index (χ3v) is 4.02. The molecule has 1 aromatic carbocycles. The molecular formula is C15H17Br2Cl2NO2. The molecule has 2 rings (SSSR count). The van der Waals surface area contributed by atoms with Crippen molar-refractivity contribution >= 4 is 39.1 Å². The van der Waals surface area contributed by atoms with Gasteiger partial charge in [-0.2, -0.15) is 0 Å². The summed E-state index contributed by atoms with van der Waals surface area (Å²) in [5.74, 6) is 1.60. The van der Waals surface area contributed by atoms with Crippen LogP contribution in [0.2, 0.25) is 10.0 Å². The van der Waals surface area contributed by atoms with Gasteiger partial charge >= 0.3 is 0 Å². The average Bonchev–Trinajstić information content (AvgIpc) is 2.76. The Labute approximate surface area is 159 Å². The summed E-state index contributed by atoms with van der Waals surface area (Å²) in [5, 5.41) is 1.13. The standard InChI is InChI=1S/C15H17BrCl2NO2.BrH/c1-19(2,10-12-4-6-15(16)21-12)7-8-20-14-5-3-11(17)9-13(14)18;/h3-6,9H,7-8,10H2,1-2H3;1H/q+1;/p-1. The highest BCUT2D eigenvalue weighted by molar-refractivity contribution is 9.10. The number of hydrogen-bond donors (Lipinski definition) is 0. The number of rotatable bonds is 6. The zero-order valence-electron chi connectivity index (χ0n) is 12.3. The molecule has 0 unspecified atom stereocenters. The zero-order valence-corrected chi connectivity index (χ0v) is 17.0. The SMILES string of the molecule is C[N+](C)(CCOc1ccc(Cl)cc1Cl)Cc1ccc(Br)o1.[Br-]. The Morgan fingerprint density at radius 2 is 1.91 bits per heavy atom. The van der Waals surface area contributed by atoms with E-state index in [1.54, 1.807) is 18.2 Å². The minimum Gasteiger partial charge on any atom is -1.00 e. The molecule has 7 heteroatoms. The van der Waals surface area contributed by atoms with Crippen molar-refractivity contribution in [2.75, 3.05) is 27.2 Å². The maximum absolute atomic E-state index is 6.08. The summed E-state index contributed by atoms with van der Waals surface area (Å²) in [5.41, 5.74) is 0. The summed E-state index contributed by atoms with van der Waals surface area (Å²) in [6.07, 6.45) is 0. The summed E-state index contributed by atoms with van der Waals surface area (Å²) in [4.78, 5) is 0. The molecule has 0 aliphatic rings. The van der Waals surface area contributed by atoms with Gasteiger partial charge in [0.05, 0.1) is 19.1 Å². The lowest BCUT2D eigenvalue weighted by atomic mass is 10.3. The Morgan fingerprint density at radius 3 is 2.50 bits per heavy atom. The normalized spacial score (nSPS) is 11.1. The van der Waals surface area contributed by atoms with E-state index < -0.39 is 0 Å². The van der Waals surface area contributed by atoms with E-state index in [4.69, 9.17) is 32.4 Å². The smallest absolute Gasteiger partial charge is 0.169 e. The average molecular weight is 474 g/mol. The van der Waals surface area contributed by atoms with Crippen LogP contribution in [0, 0.1) is 0 Å². The molecule has 0 spiro atoms. The van der Waals surface area contributed by atoms with Crippen LogP contribution in [0.25, 0.3) is 0 Å². The minimum atomic E-state index is 0. The molecule has 1 heterocycles. The predicted octanol–water partition coefficient (Wildman–Crippen LogP) is 2.01. The summed E-state index contributed by atoms with van der Waals surface area (Å²) in [7, 11) is 4.26. The first-order valence-corrected chi connectivity index (χ1v) is 8.05. The van der Waals surface area contributed by atoms with Gasteiger partial charge in [-0.05, 0) is 46.3 Å². The molecule has 0 aliphatic heterocycles. The zero-order chi connectivity index (χ0) is 15.5. The van der Waals surface area contributed by atoms with Crippen LogP contribution in [0.3, 0.4) is 0 Å². The quantitative estimate of drug-likeness (QED) is 0.599. The van der Waals surface area contributed by atoms with Crippen LogP contribution < -0.4 is 21.7 Å². The van der Waals surface area contributed by atoms with Gasteiger partial charge in [-0.1, -0.05) is 23.2 Å². The van der Waals surface area contributed by atoms with Crippen molar-refractivity contribution in [3.63, 3.8) is 0 Å². The van der Waals surface area contributed by atoms with E-state index in [9.17, 15) is 0 Å². The van der Waals surface area contributed by atoms with E-state index in [1.165, 1.54) is 0 Å². The Kier molecular flexibility index (Phi) is 7.75. The molecule has 0 radical (unpaired) electrons. The largest absolute Gasteiger partial charge is 1.00 e. The van der Waals surface area contributed by atoms with Crippen molar-refractivity contribution < 1.29 is 30.6 Å². The highest BCUT2D eigenvalue weighted by Crippen LogP contribution is 2.27. The van der Waals surface area contributed by atoms with Crippen LogP contribution in [-0.2, 0) is 6.54 Å². The number of likely N-dealkylation sites (N-methyl/N-ethyl adjacent to an activating group) is 1. The first-order chi connectivity index (χ1) is 9.85. The minimum absolute atomic E-state index is 0. The summed E-state index contributed by atoms with van der Waals surface area (Å²) >= 11 is 15.2. The summed E-state index contributed by atoms with van der Waals surface area (Å²) < 4.78 is 12.8. The van der Waals surface area contributed by atoms with Gasteiger partial charge < -0.3 is 30.6 Å². The fraction of sp³-hybridized carbons (Fsp3) is 0.333. The van der Waals surface area contributed by atoms with E-state index >= 15 is 0 Å². The fourth-order valence-corrected chi connectivity index (χ4v) is 2.74. The van der Waals surface area contributed by atoms with Gasteiger partial charge in [-0.25, -0.2) is 0 Å². The predicted molar refractivity (Wildman–Crippen MR) is 89.0 cm³/mol. The summed E-state index contributed by atoms with van der Waals surface area (Å²) in [6, 6.07) is 9.11. The fourth-order valence-electron chi connectivity index (χ4n) is 1.93. The molecular weight excluding hydrogens is 457 g/mol. The van der Waals surface area contributed by atoms with Crippen molar-refractivity contribution in [1.29, 1.82) is 0 Å². The van der Waals surface area contributed by atoms with E-state index in [2.05, 4.69) is 30.0 Å². The van der Waals surface area contributed by atoms with Gasteiger partial charge in [0.25, 0.3) is 0 Å². The second kappa shape index (κ2) is 8.60. The number of halogens is 4. The topological polar surface area (TPSA) is 22.4 Å². The molecule has 122 valence electrons. The van der Waals surface area contributed by atoms with Crippen molar-refractivity contribution in [1.82, 2.24) is 0 Å². The van der Waals surface area contributed by atoms with Crippen molar-refractivity contribution in [3.05, 3.63) is 50.8 Å². The van der Waals surface area contributed by atoms with E-state index in [0.717, 1.165) is 28.0 Å². The first-order valence-electron chi connectivity index (χ1n) is 6.50. The lowest BCUT2D eigenvalue weighted by Crippen LogP contribution is -3.00. The van der Waals surface area contributed by atoms with Crippen LogP contribution in [0.15, 0.2) is 39.4 Å². The van der Waals surface area contributed by atoms with Gasteiger partial charge in [0.15, 0.2) is 10.4 Å². The second-order valence-corrected chi connectivity index (χ2v) is 7.07. The van der Waals surface area contributed by atoms with Crippen molar-refractivity contribution in [2.45, 2.75) is 6.54 Å². The molecule has 0 saturated heterocycles. The number of furan rings is 1. The van der Waals surface area contributed by atoms with E-state index in [-0.39, 0.29) is 17.0 Å². The molecule has 1 aromatic heterocycles. The Balaban J connectivity index is 0.00000242. The van der Waals surface area contributed by atoms with Crippen LogP contribution in [0.1, 0.15) is 5.76 Å². The molecule has 0 fully saturated rings. The molecule has 0 bridgehead atoms. The van der Waals surface area contributed by atoms with Gasteiger partial charge in [0.2, 0.25) is 0 Å².